The van der Waals surface area contributed by atoms with E-state index in [1.54, 1.807) is 32.4 Å². The second kappa shape index (κ2) is 6.47. The van der Waals surface area contributed by atoms with E-state index >= 15 is 0 Å². The number of ether oxygens (including phenoxy) is 3. The van der Waals surface area contributed by atoms with Gasteiger partial charge in [0.1, 0.15) is 17.6 Å². The number of hydrogen-bond acceptors (Lipinski definition) is 4. The van der Waals surface area contributed by atoms with Crippen molar-refractivity contribution in [2.24, 2.45) is 0 Å². The second-order valence-corrected chi connectivity index (χ2v) is 4.01. The second-order valence-electron chi connectivity index (χ2n) is 4.01. The van der Waals surface area contributed by atoms with E-state index < -0.39 is 6.10 Å². The molecule has 0 amide bonds. The Kier molecular flexibility index (Phi) is 5.25. The lowest BCUT2D eigenvalue weighted by molar-refractivity contribution is 0.00406. The zero-order valence-electron chi connectivity index (χ0n) is 10.8. The molecule has 0 saturated carbocycles. The van der Waals surface area contributed by atoms with Crippen molar-refractivity contribution in [2.75, 3.05) is 20.8 Å². The summed E-state index contributed by atoms with van der Waals surface area (Å²) in [5.41, 5.74) is 0.703. The Labute approximate surface area is 102 Å². The van der Waals surface area contributed by atoms with Crippen LogP contribution in [0.25, 0.3) is 0 Å². The van der Waals surface area contributed by atoms with Crippen molar-refractivity contribution in [2.45, 2.75) is 26.1 Å². The van der Waals surface area contributed by atoms with Gasteiger partial charge in [0.2, 0.25) is 0 Å². The first-order chi connectivity index (χ1) is 8.08. The van der Waals surface area contributed by atoms with Crippen LogP contribution in [0.3, 0.4) is 0 Å². The highest BCUT2D eigenvalue weighted by Crippen LogP contribution is 2.29. The molecule has 0 aliphatic heterocycles. The van der Waals surface area contributed by atoms with Crippen molar-refractivity contribution in [3.05, 3.63) is 23.8 Å². The van der Waals surface area contributed by atoms with E-state index in [1.165, 1.54) is 0 Å². The van der Waals surface area contributed by atoms with Gasteiger partial charge in [0.15, 0.2) is 0 Å². The fraction of sp³-hybridized carbons (Fsp3) is 0.538. The van der Waals surface area contributed by atoms with E-state index in [0.717, 1.165) is 0 Å². The van der Waals surface area contributed by atoms with Gasteiger partial charge in [-0.1, -0.05) is 0 Å². The third-order valence-electron chi connectivity index (χ3n) is 2.39. The van der Waals surface area contributed by atoms with Crippen LogP contribution < -0.4 is 9.47 Å². The summed E-state index contributed by atoms with van der Waals surface area (Å²) in [7, 11) is 3.15. The number of methoxy groups -OCH3 is 2. The van der Waals surface area contributed by atoms with Gasteiger partial charge in [-0.2, -0.15) is 0 Å². The van der Waals surface area contributed by atoms with Gasteiger partial charge >= 0.3 is 0 Å². The van der Waals surface area contributed by atoms with Crippen LogP contribution >= 0.6 is 0 Å². The predicted octanol–water partition coefficient (Wildman–Crippen LogP) is 2.16. The SMILES string of the molecule is COc1ccc(C(O)COC(C)C)c(OC)c1. The predicted molar refractivity (Wildman–Crippen MR) is 65.6 cm³/mol. The van der Waals surface area contributed by atoms with Gasteiger partial charge in [-0.25, -0.2) is 0 Å². The molecule has 1 atom stereocenters. The van der Waals surface area contributed by atoms with E-state index in [0.29, 0.717) is 17.1 Å². The molecular weight excluding hydrogens is 220 g/mol. The first kappa shape index (κ1) is 13.8. The largest absolute Gasteiger partial charge is 0.497 e. The maximum Gasteiger partial charge on any atom is 0.128 e. The third kappa shape index (κ3) is 3.91. The number of hydrogen-bond donors (Lipinski definition) is 1. The lowest BCUT2D eigenvalue weighted by atomic mass is 10.1. The highest BCUT2D eigenvalue weighted by atomic mass is 16.5. The lowest BCUT2D eigenvalue weighted by Crippen LogP contribution is -2.12. The Bertz CT molecular complexity index is 349. The maximum absolute atomic E-state index is 10.00. The molecule has 0 saturated heterocycles. The normalized spacial score (nSPS) is 12.6. The van der Waals surface area contributed by atoms with Crippen LogP contribution in [0.2, 0.25) is 0 Å². The van der Waals surface area contributed by atoms with Crippen molar-refractivity contribution in [3.63, 3.8) is 0 Å². The van der Waals surface area contributed by atoms with Crippen molar-refractivity contribution in [1.29, 1.82) is 0 Å². The summed E-state index contributed by atoms with van der Waals surface area (Å²) in [4.78, 5) is 0. The molecular formula is C13H20O4. The van der Waals surface area contributed by atoms with E-state index in [1.807, 2.05) is 13.8 Å². The topological polar surface area (TPSA) is 47.9 Å². The minimum atomic E-state index is -0.696. The molecule has 4 heteroatoms. The molecule has 1 aromatic carbocycles. The van der Waals surface area contributed by atoms with Crippen LogP contribution in [0, 0.1) is 0 Å². The molecule has 1 N–H and O–H groups in total. The quantitative estimate of drug-likeness (QED) is 0.827. The molecule has 96 valence electrons. The van der Waals surface area contributed by atoms with Crippen molar-refractivity contribution < 1.29 is 19.3 Å². The Hall–Kier alpha value is -1.26. The monoisotopic (exact) mass is 240 g/mol. The number of rotatable bonds is 6. The molecule has 0 aliphatic carbocycles. The lowest BCUT2D eigenvalue weighted by Gasteiger charge is -2.17. The average molecular weight is 240 g/mol. The van der Waals surface area contributed by atoms with Crippen LogP contribution in [0.15, 0.2) is 18.2 Å². The average Bonchev–Trinajstić information content (AvgIpc) is 2.34. The van der Waals surface area contributed by atoms with Crippen molar-refractivity contribution in [3.8, 4) is 11.5 Å². The van der Waals surface area contributed by atoms with Crippen LogP contribution in [0.4, 0.5) is 0 Å². The molecule has 0 bridgehead atoms. The number of aliphatic hydroxyl groups is 1. The van der Waals surface area contributed by atoms with E-state index in [9.17, 15) is 5.11 Å². The van der Waals surface area contributed by atoms with Crippen LogP contribution in [-0.4, -0.2) is 32.0 Å². The summed E-state index contributed by atoms with van der Waals surface area (Å²) >= 11 is 0. The van der Waals surface area contributed by atoms with Gasteiger partial charge in [0.05, 0.1) is 26.9 Å². The molecule has 0 heterocycles. The minimum Gasteiger partial charge on any atom is -0.497 e. The van der Waals surface area contributed by atoms with Gasteiger partial charge in [0.25, 0.3) is 0 Å². The standard InChI is InChI=1S/C13H20O4/c1-9(2)17-8-12(14)11-6-5-10(15-3)7-13(11)16-4/h5-7,9,12,14H,8H2,1-4H3. The fourth-order valence-electron chi connectivity index (χ4n) is 1.47. The maximum atomic E-state index is 10.00. The Balaban J connectivity index is 2.81. The van der Waals surface area contributed by atoms with Gasteiger partial charge in [-0.05, 0) is 26.0 Å². The number of aliphatic hydroxyl groups excluding tert-OH is 1. The molecule has 0 fully saturated rings. The summed E-state index contributed by atoms with van der Waals surface area (Å²) in [5, 5.41) is 10.00. The number of benzene rings is 1. The fourth-order valence-corrected chi connectivity index (χ4v) is 1.47. The summed E-state index contributed by atoms with van der Waals surface area (Å²) in [6.07, 6.45) is -0.604. The van der Waals surface area contributed by atoms with E-state index in [-0.39, 0.29) is 12.7 Å². The molecule has 0 aromatic heterocycles. The molecule has 0 radical (unpaired) electrons. The zero-order valence-corrected chi connectivity index (χ0v) is 10.8. The minimum absolute atomic E-state index is 0.0916. The van der Waals surface area contributed by atoms with Gasteiger partial charge in [-0.3, -0.25) is 0 Å². The van der Waals surface area contributed by atoms with Crippen molar-refractivity contribution in [1.82, 2.24) is 0 Å². The van der Waals surface area contributed by atoms with E-state index in [4.69, 9.17) is 14.2 Å². The first-order valence-corrected chi connectivity index (χ1v) is 5.60. The molecule has 1 aromatic rings. The first-order valence-electron chi connectivity index (χ1n) is 5.60. The third-order valence-corrected chi connectivity index (χ3v) is 2.39. The van der Waals surface area contributed by atoms with E-state index in [2.05, 4.69) is 0 Å². The van der Waals surface area contributed by atoms with Crippen molar-refractivity contribution >= 4 is 0 Å². The van der Waals surface area contributed by atoms with Crippen LogP contribution in [-0.2, 0) is 4.74 Å². The van der Waals surface area contributed by atoms with Crippen LogP contribution in [0.5, 0.6) is 11.5 Å². The summed E-state index contributed by atoms with van der Waals surface area (Å²) in [5.74, 6) is 1.30. The zero-order chi connectivity index (χ0) is 12.8. The van der Waals surface area contributed by atoms with Gasteiger partial charge in [0, 0.05) is 11.6 Å². The Morgan fingerprint density at radius 3 is 2.41 bits per heavy atom. The molecule has 1 rings (SSSR count). The molecule has 0 aliphatic rings. The molecule has 1 unspecified atom stereocenters. The summed E-state index contributed by atoms with van der Waals surface area (Å²) < 4.78 is 15.7. The summed E-state index contributed by atoms with van der Waals surface area (Å²) in [6.45, 7) is 4.11. The highest BCUT2D eigenvalue weighted by Gasteiger charge is 2.14. The molecule has 17 heavy (non-hydrogen) atoms. The highest BCUT2D eigenvalue weighted by molar-refractivity contribution is 5.41. The molecule has 4 nitrogen and oxygen atoms in total. The van der Waals surface area contributed by atoms with Gasteiger partial charge < -0.3 is 19.3 Å². The Morgan fingerprint density at radius 2 is 1.88 bits per heavy atom. The molecule has 0 spiro atoms. The Morgan fingerprint density at radius 1 is 1.18 bits per heavy atom. The van der Waals surface area contributed by atoms with Crippen LogP contribution in [0.1, 0.15) is 25.5 Å². The smallest absolute Gasteiger partial charge is 0.128 e. The summed E-state index contributed by atoms with van der Waals surface area (Å²) in [6, 6.07) is 5.32. The van der Waals surface area contributed by atoms with Gasteiger partial charge in [-0.15, -0.1) is 0 Å².